The number of amides is 2. The van der Waals surface area contributed by atoms with E-state index < -0.39 is 0 Å². The first-order valence-electron chi connectivity index (χ1n) is 12.3. The lowest BCUT2D eigenvalue weighted by Gasteiger charge is -2.36. The molecule has 0 radical (unpaired) electrons. The summed E-state index contributed by atoms with van der Waals surface area (Å²) in [4.78, 5) is 36.5. The molecular formula is C25H34N6O3. The van der Waals surface area contributed by atoms with Crippen LogP contribution in [0.1, 0.15) is 61.7 Å². The second-order valence-electron chi connectivity index (χ2n) is 9.06. The molecule has 4 rings (SSSR count). The summed E-state index contributed by atoms with van der Waals surface area (Å²) < 4.78 is 0. The van der Waals surface area contributed by atoms with Gasteiger partial charge in [-0.25, -0.2) is 4.98 Å². The number of carbonyl (C=O) groups excluding carboxylic acids is 2. The summed E-state index contributed by atoms with van der Waals surface area (Å²) in [5.74, 6) is 1.14. The Kier molecular flexibility index (Phi) is 8.30. The lowest BCUT2D eigenvalue weighted by atomic mass is 9.91. The molecule has 3 heterocycles. The lowest BCUT2D eigenvalue weighted by Crippen LogP contribution is -2.36. The number of nitrogens with one attached hydrogen (secondary N) is 3. The maximum absolute atomic E-state index is 13.3. The standard InChI is InChI=1S/C25H34N6O3/c32-15-5-8-23(33)28-19-9-10-20-21(16-19)31-14-4-7-18(17-31)6-2-1-3-12-26-25-27-13-11-22(30-25)29-24(20)34/h9-11,13,16,18,32H,1-8,12,14-15,17H2,(H,28,33)(H2,26,27,29,30,34)/t18-/m1/s1. The molecule has 2 aliphatic rings. The zero-order valence-electron chi connectivity index (χ0n) is 19.6. The Labute approximate surface area is 200 Å². The fourth-order valence-electron chi connectivity index (χ4n) is 4.68. The Morgan fingerprint density at radius 2 is 2.06 bits per heavy atom. The van der Waals surface area contributed by atoms with E-state index in [4.69, 9.17) is 5.11 Å². The molecule has 1 aromatic heterocycles. The van der Waals surface area contributed by atoms with Gasteiger partial charge in [-0.3, -0.25) is 9.59 Å². The number of benzene rings is 1. The third-order valence-electron chi connectivity index (χ3n) is 6.42. The van der Waals surface area contributed by atoms with Crippen molar-refractivity contribution >= 4 is 35.0 Å². The van der Waals surface area contributed by atoms with Crippen molar-refractivity contribution in [2.45, 2.75) is 51.4 Å². The number of anilines is 4. The maximum atomic E-state index is 13.3. The van der Waals surface area contributed by atoms with Gasteiger partial charge in [0, 0.05) is 44.5 Å². The molecule has 1 atom stereocenters. The van der Waals surface area contributed by atoms with Crippen LogP contribution in [0.15, 0.2) is 30.5 Å². The van der Waals surface area contributed by atoms with Crippen LogP contribution in [-0.2, 0) is 4.79 Å². The number of piperidine rings is 1. The number of fused-ring (bicyclic) bond motifs is 6. The average Bonchev–Trinajstić information content (AvgIpc) is 2.84. The zero-order chi connectivity index (χ0) is 23.8. The number of nitrogens with zero attached hydrogens (tertiary/aromatic N) is 3. The van der Waals surface area contributed by atoms with Crippen LogP contribution in [-0.4, -0.2) is 53.1 Å². The molecule has 2 aromatic rings. The van der Waals surface area contributed by atoms with E-state index in [1.165, 1.54) is 19.3 Å². The van der Waals surface area contributed by atoms with Gasteiger partial charge < -0.3 is 26.0 Å². The Bertz CT molecular complexity index is 998. The molecule has 2 amide bonds. The van der Waals surface area contributed by atoms with E-state index >= 15 is 0 Å². The largest absolute Gasteiger partial charge is 0.396 e. The van der Waals surface area contributed by atoms with Gasteiger partial charge in [0.05, 0.1) is 11.3 Å². The minimum absolute atomic E-state index is 0.0206. The number of hydrogen-bond donors (Lipinski definition) is 4. The number of rotatable bonds is 4. The van der Waals surface area contributed by atoms with Crippen molar-refractivity contribution in [2.24, 2.45) is 5.92 Å². The maximum Gasteiger partial charge on any atom is 0.258 e. The third-order valence-corrected chi connectivity index (χ3v) is 6.42. The van der Waals surface area contributed by atoms with Gasteiger partial charge in [-0.1, -0.05) is 12.8 Å². The van der Waals surface area contributed by atoms with Gasteiger partial charge in [0.25, 0.3) is 5.91 Å². The molecule has 4 N–H and O–H groups in total. The predicted molar refractivity (Wildman–Crippen MR) is 133 cm³/mol. The molecular weight excluding hydrogens is 432 g/mol. The molecule has 4 bridgehead atoms. The van der Waals surface area contributed by atoms with Crippen molar-refractivity contribution in [3.8, 4) is 0 Å². The minimum Gasteiger partial charge on any atom is -0.396 e. The van der Waals surface area contributed by atoms with Gasteiger partial charge in [-0.05, 0) is 62.3 Å². The lowest BCUT2D eigenvalue weighted by molar-refractivity contribution is -0.116. The van der Waals surface area contributed by atoms with Gasteiger partial charge >= 0.3 is 0 Å². The highest BCUT2D eigenvalue weighted by Crippen LogP contribution is 2.32. The molecule has 0 unspecified atom stereocenters. The highest BCUT2D eigenvalue weighted by Gasteiger charge is 2.24. The average molecular weight is 467 g/mol. The molecule has 9 heteroatoms. The number of hydrogen-bond acceptors (Lipinski definition) is 7. The minimum atomic E-state index is -0.243. The second kappa shape index (κ2) is 11.8. The first-order valence-corrected chi connectivity index (χ1v) is 12.3. The highest BCUT2D eigenvalue weighted by molar-refractivity contribution is 6.08. The molecule has 34 heavy (non-hydrogen) atoms. The summed E-state index contributed by atoms with van der Waals surface area (Å²) in [5, 5.41) is 18.1. The van der Waals surface area contributed by atoms with Crippen molar-refractivity contribution in [2.75, 3.05) is 47.1 Å². The summed E-state index contributed by atoms with van der Waals surface area (Å²) in [7, 11) is 0. The summed E-state index contributed by atoms with van der Waals surface area (Å²) in [6, 6.07) is 7.09. The fraction of sp³-hybridized carbons (Fsp3) is 0.520. The highest BCUT2D eigenvalue weighted by atomic mass is 16.3. The van der Waals surface area contributed by atoms with Crippen LogP contribution in [0.25, 0.3) is 0 Å². The van der Waals surface area contributed by atoms with E-state index in [1.807, 2.05) is 6.07 Å². The zero-order valence-corrected chi connectivity index (χ0v) is 19.6. The first-order chi connectivity index (χ1) is 16.6. The van der Waals surface area contributed by atoms with E-state index in [0.717, 1.165) is 44.6 Å². The molecule has 0 saturated carbocycles. The van der Waals surface area contributed by atoms with Gasteiger partial charge in [-0.15, -0.1) is 0 Å². The van der Waals surface area contributed by atoms with Crippen LogP contribution in [0.2, 0.25) is 0 Å². The van der Waals surface area contributed by atoms with Gasteiger partial charge in [0.1, 0.15) is 5.82 Å². The fourth-order valence-corrected chi connectivity index (χ4v) is 4.68. The normalized spacial score (nSPS) is 18.9. The third kappa shape index (κ3) is 6.44. The molecule has 1 aromatic carbocycles. The molecule has 182 valence electrons. The van der Waals surface area contributed by atoms with Crippen molar-refractivity contribution in [1.29, 1.82) is 0 Å². The molecule has 0 spiro atoms. The van der Waals surface area contributed by atoms with Gasteiger partial charge in [-0.2, -0.15) is 4.98 Å². The van der Waals surface area contributed by atoms with Crippen molar-refractivity contribution in [3.05, 3.63) is 36.0 Å². The predicted octanol–water partition coefficient (Wildman–Crippen LogP) is 3.64. The Morgan fingerprint density at radius 1 is 1.18 bits per heavy atom. The van der Waals surface area contributed by atoms with Crippen LogP contribution in [0, 0.1) is 5.92 Å². The van der Waals surface area contributed by atoms with Crippen LogP contribution in [0.4, 0.5) is 23.1 Å². The molecule has 1 saturated heterocycles. The summed E-state index contributed by atoms with van der Waals surface area (Å²) >= 11 is 0. The SMILES string of the molecule is O=C(CCCO)Nc1ccc2c(c1)N1CCC[C@@H](CCCCCNc3nccc(n3)NC2=O)C1. The summed E-state index contributed by atoms with van der Waals surface area (Å²) in [6.07, 6.45) is 9.14. The first kappa shape index (κ1) is 23.9. The van der Waals surface area contributed by atoms with Crippen molar-refractivity contribution in [3.63, 3.8) is 0 Å². The van der Waals surface area contributed by atoms with Crippen LogP contribution in [0.3, 0.4) is 0 Å². The van der Waals surface area contributed by atoms with Crippen molar-refractivity contribution in [1.82, 2.24) is 9.97 Å². The molecule has 1 fully saturated rings. The van der Waals surface area contributed by atoms with Crippen LogP contribution in [0.5, 0.6) is 0 Å². The quantitative estimate of drug-likeness (QED) is 0.543. The topological polar surface area (TPSA) is 119 Å². The number of carbonyl (C=O) groups is 2. The Balaban J connectivity index is 1.64. The number of aliphatic hydroxyl groups excluding tert-OH is 1. The van der Waals surface area contributed by atoms with E-state index in [0.29, 0.717) is 35.4 Å². The van der Waals surface area contributed by atoms with Crippen LogP contribution < -0.4 is 20.9 Å². The van der Waals surface area contributed by atoms with Crippen molar-refractivity contribution < 1.29 is 14.7 Å². The molecule has 9 nitrogen and oxygen atoms in total. The van der Waals surface area contributed by atoms with Gasteiger partial charge in [0.15, 0.2) is 0 Å². The van der Waals surface area contributed by atoms with Crippen LogP contribution >= 0.6 is 0 Å². The number of aliphatic hydroxyl groups is 1. The monoisotopic (exact) mass is 466 g/mol. The summed E-state index contributed by atoms with van der Waals surface area (Å²) in [6.45, 7) is 2.56. The van der Waals surface area contributed by atoms with E-state index in [9.17, 15) is 9.59 Å². The molecule has 2 aliphatic heterocycles. The molecule has 0 aliphatic carbocycles. The summed E-state index contributed by atoms with van der Waals surface area (Å²) in [5.41, 5.74) is 2.02. The van der Waals surface area contributed by atoms with E-state index in [1.54, 1.807) is 24.4 Å². The van der Waals surface area contributed by atoms with E-state index in [-0.39, 0.29) is 24.8 Å². The second-order valence-corrected chi connectivity index (χ2v) is 9.06. The van der Waals surface area contributed by atoms with Gasteiger partial charge in [0.2, 0.25) is 11.9 Å². The Hall–Kier alpha value is -3.20. The smallest absolute Gasteiger partial charge is 0.258 e. The number of aromatic nitrogens is 2. The van der Waals surface area contributed by atoms with E-state index in [2.05, 4.69) is 30.8 Å². The Morgan fingerprint density at radius 3 is 2.94 bits per heavy atom.